The van der Waals surface area contributed by atoms with Gasteiger partial charge in [0, 0.05) is 25.7 Å². The molecule has 4 N–H and O–H groups in total. The molecule has 0 bridgehead atoms. The number of nitrogens with two attached hydrogens (primary N) is 2. The van der Waals surface area contributed by atoms with Crippen molar-refractivity contribution in [3.63, 3.8) is 0 Å². The first-order chi connectivity index (χ1) is 5.52. The van der Waals surface area contributed by atoms with E-state index < -0.39 is 17.6 Å². The monoisotopic (exact) mass is 172 g/mol. The average molecular weight is 172 g/mol. The molecule has 2 fully saturated rings. The summed E-state index contributed by atoms with van der Waals surface area (Å²) in [5.74, 6) is 0. The Kier molecular flexibility index (Phi) is 1.38. The van der Waals surface area contributed by atoms with Crippen LogP contribution in [-0.2, 0) is 9.47 Å². The van der Waals surface area contributed by atoms with E-state index in [1.807, 2.05) is 0 Å². The molecule has 2 saturated carbocycles. The molecule has 2 aliphatic rings. The number of carbonyl (C=O) groups is 1. The van der Waals surface area contributed by atoms with Gasteiger partial charge in [0.1, 0.15) is 0 Å². The van der Waals surface area contributed by atoms with Crippen LogP contribution in [0.15, 0.2) is 0 Å². The molecule has 0 heterocycles. The third-order valence-electron chi connectivity index (χ3n) is 2.06. The lowest BCUT2D eigenvalue weighted by molar-refractivity contribution is -0.0148. The van der Waals surface area contributed by atoms with Crippen LogP contribution in [0.3, 0.4) is 0 Å². The highest BCUT2D eigenvalue weighted by molar-refractivity contribution is 5.62. The summed E-state index contributed by atoms with van der Waals surface area (Å²) < 4.78 is 9.60. The summed E-state index contributed by atoms with van der Waals surface area (Å²) in [5.41, 5.74) is 9.52. The number of hydrogen-bond donors (Lipinski definition) is 2. The quantitative estimate of drug-likeness (QED) is 0.453. The van der Waals surface area contributed by atoms with Gasteiger partial charge in [-0.05, 0) is 0 Å². The standard InChI is InChI=1S/C7H12N2O3/c8-6(1-2-6)11-5(10)12-7(9)3-4-7/h1-4,8-9H2. The zero-order chi connectivity index (χ0) is 8.82. The second-order valence-electron chi connectivity index (χ2n) is 3.58. The van der Waals surface area contributed by atoms with E-state index in [0.29, 0.717) is 25.7 Å². The molecular formula is C7H12N2O3. The fraction of sp³-hybridized carbons (Fsp3) is 0.857. The molecule has 5 nitrogen and oxygen atoms in total. The summed E-state index contributed by atoms with van der Waals surface area (Å²) in [5, 5.41) is 0. The van der Waals surface area contributed by atoms with E-state index in [2.05, 4.69) is 0 Å². The Morgan fingerprint density at radius 1 is 1.00 bits per heavy atom. The van der Waals surface area contributed by atoms with Crippen molar-refractivity contribution in [2.24, 2.45) is 11.5 Å². The van der Waals surface area contributed by atoms with Gasteiger partial charge in [0.2, 0.25) is 0 Å². The first kappa shape index (κ1) is 7.82. The summed E-state index contributed by atoms with van der Waals surface area (Å²) in [6.07, 6.45) is 2.09. The molecule has 0 aromatic carbocycles. The van der Waals surface area contributed by atoms with E-state index in [1.54, 1.807) is 0 Å². The lowest BCUT2D eigenvalue weighted by Gasteiger charge is -2.14. The highest BCUT2D eigenvalue weighted by Crippen LogP contribution is 2.37. The summed E-state index contributed by atoms with van der Waals surface area (Å²) in [7, 11) is 0. The van der Waals surface area contributed by atoms with Crippen LogP contribution in [0.25, 0.3) is 0 Å². The van der Waals surface area contributed by atoms with E-state index in [0.717, 1.165) is 0 Å². The third kappa shape index (κ3) is 1.67. The fourth-order valence-corrected chi connectivity index (χ4v) is 0.803. The Balaban J connectivity index is 1.77. The van der Waals surface area contributed by atoms with Gasteiger partial charge in [0.15, 0.2) is 11.4 Å². The SMILES string of the molecule is NC1(OC(=O)OC2(N)CC2)CC1. The Hall–Kier alpha value is -0.810. The zero-order valence-electron chi connectivity index (χ0n) is 6.71. The lowest BCUT2D eigenvalue weighted by Crippen LogP contribution is -2.35. The fourth-order valence-electron chi connectivity index (χ4n) is 0.803. The normalized spacial score (nSPS) is 27.5. The van der Waals surface area contributed by atoms with Crippen LogP contribution in [0.4, 0.5) is 4.79 Å². The van der Waals surface area contributed by atoms with E-state index >= 15 is 0 Å². The van der Waals surface area contributed by atoms with Crippen LogP contribution >= 0.6 is 0 Å². The number of hydrogen-bond acceptors (Lipinski definition) is 5. The van der Waals surface area contributed by atoms with Crippen molar-refractivity contribution in [2.45, 2.75) is 37.1 Å². The molecule has 68 valence electrons. The Morgan fingerprint density at radius 2 is 1.33 bits per heavy atom. The van der Waals surface area contributed by atoms with Gasteiger partial charge in [-0.25, -0.2) is 4.79 Å². The van der Waals surface area contributed by atoms with Crippen molar-refractivity contribution in [2.75, 3.05) is 0 Å². The second-order valence-corrected chi connectivity index (χ2v) is 3.58. The highest BCUT2D eigenvalue weighted by atomic mass is 16.8. The molecule has 0 spiro atoms. The van der Waals surface area contributed by atoms with Crippen LogP contribution in [0.1, 0.15) is 25.7 Å². The van der Waals surface area contributed by atoms with Gasteiger partial charge >= 0.3 is 6.16 Å². The maximum atomic E-state index is 10.9. The van der Waals surface area contributed by atoms with Gasteiger partial charge in [-0.1, -0.05) is 0 Å². The summed E-state index contributed by atoms with van der Waals surface area (Å²) >= 11 is 0. The third-order valence-corrected chi connectivity index (χ3v) is 2.06. The van der Waals surface area contributed by atoms with Gasteiger partial charge in [-0.2, -0.15) is 0 Å². The summed E-state index contributed by atoms with van der Waals surface area (Å²) in [4.78, 5) is 10.9. The van der Waals surface area contributed by atoms with E-state index in [9.17, 15) is 4.79 Å². The van der Waals surface area contributed by atoms with Gasteiger partial charge in [-0.3, -0.25) is 11.5 Å². The van der Waals surface area contributed by atoms with E-state index in [-0.39, 0.29) is 0 Å². The van der Waals surface area contributed by atoms with Crippen molar-refractivity contribution in [3.05, 3.63) is 0 Å². The predicted molar refractivity (Wildman–Crippen MR) is 39.9 cm³/mol. The topological polar surface area (TPSA) is 87.6 Å². The van der Waals surface area contributed by atoms with Gasteiger partial charge in [-0.15, -0.1) is 0 Å². The van der Waals surface area contributed by atoms with Crippen LogP contribution < -0.4 is 11.5 Å². The first-order valence-electron chi connectivity index (χ1n) is 4.01. The van der Waals surface area contributed by atoms with Crippen molar-refractivity contribution < 1.29 is 14.3 Å². The van der Waals surface area contributed by atoms with Gasteiger partial charge < -0.3 is 9.47 Å². The number of carbonyl (C=O) groups excluding carboxylic acids is 1. The molecule has 0 atom stereocenters. The highest BCUT2D eigenvalue weighted by Gasteiger charge is 2.47. The molecule has 0 saturated heterocycles. The Labute approximate surface area is 70.0 Å². The molecule has 0 unspecified atom stereocenters. The van der Waals surface area contributed by atoms with Gasteiger partial charge in [0.05, 0.1) is 0 Å². The largest absolute Gasteiger partial charge is 0.511 e. The number of ether oxygens (including phenoxy) is 2. The molecule has 2 aliphatic carbocycles. The first-order valence-corrected chi connectivity index (χ1v) is 4.01. The maximum absolute atomic E-state index is 10.9. The molecule has 0 radical (unpaired) electrons. The van der Waals surface area contributed by atoms with Crippen LogP contribution in [0.5, 0.6) is 0 Å². The Bertz CT molecular complexity index is 199. The molecule has 5 heteroatoms. The smallest absolute Gasteiger partial charge is 0.413 e. The minimum Gasteiger partial charge on any atom is -0.413 e. The zero-order valence-corrected chi connectivity index (χ0v) is 6.71. The van der Waals surface area contributed by atoms with E-state index in [1.165, 1.54) is 0 Å². The minimum atomic E-state index is -0.762. The molecule has 0 aliphatic heterocycles. The molecule has 2 rings (SSSR count). The molecule has 0 aromatic heterocycles. The van der Waals surface area contributed by atoms with Crippen molar-refractivity contribution in [1.29, 1.82) is 0 Å². The van der Waals surface area contributed by atoms with Gasteiger partial charge in [0.25, 0.3) is 0 Å². The van der Waals surface area contributed by atoms with Crippen LogP contribution in [-0.4, -0.2) is 17.6 Å². The minimum absolute atomic E-state index is 0.708. The second kappa shape index (κ2) is 2.11. The molecule has 0 amide bonds. The van der Waals surface area contributed by atoms with Crippen LogP contribution in [0.2, 0.25) is 0 Å². The molecular weight excluding hydrogens is 160 g/mol. The summed E-state index contributed by atoms with van der Waals surface area (Å²) in [6, 6.07) is 0. The lowest BCUT2D eigenvalue weighted by atomic mass is 10.6. The van der Waals surface area contributed by atoms with Crippen molar-refractivity contribution >= 4 is 6.16 Å². The van der Waals surface area contributed by atoms with Crippen molar-refractivity contribution in [1.82, 2.24) is 0 Å². The number of rotatable bonds is 2. The Morgan fingerprint density at radius 3 is 1.58 bits per heavy atom. The van der Waals surface area contributed by atoms with E-state index in [4.69, 9.17) is 20.9 Å². The molecule has 0 aromatic rings. The average Bonchev–Trinajstić information content (AvgIpc) is 2.76. The predicted octanol–water partition coefficient (Wildman–Crippen LogP) is 0.0372. The van der Waals surface area contributed by atoms with Crippen molar-refractivity contribution in [3.8, 4) is 0 Å². The molecule has 12 heavy (non-hydrogen) atoms. The van der Waals surface area contributed by atoms with Crippen LogP contribution in [0, 0.1) is 0 Å². The maximum Gasteiger partial charge on any atom is 0.511 e. The summed E-state index contributed by atoms with van der Waals surface area (Å²) in [6.45, 7) is 0.